The molecule has 0 bridgehead atoms. The Hall–Kier alpha value is -6.91. The summed E-state index contributed by atoms with van der Waals surface area (Å²) in [4.78, 5) is 56.8. The van der Waals surface area contributed by atoms with Crippen LogP contribution >= 0.6 is 0 Å². The van der Waals surface area contributed by atoms with Crippen molar-refractivity contribution in [1.29, 1.82) is 0 Å². The first-order valence-electron chi connectivity index (χ1n) is 20.8. The second-order valence-corrected chi connectivity index (χ2v) is 16.1. The molecule has 2 amide bonds. The van der Waals surface area contributed by atoms with Gasteiger partial charge in [-0.1, -0.05) is 83.4 Å². The van der Waals surface area contributed by atoms with Crippen LogP contribution in [0.25, 0.3) is 33.8 Å². The summed E-state index contributed by atoms with van der Waals surface area (Å²) in [5.74, 6) is -3.40. The van der Waals surface area contributed by atoms with Crippen LogP contribution in [0.15, 0.2) is 90.3 Å². The van der Waals surface area contributed by atoms with E-state index in [4.69, 9.17) is 35.6 Å². The van der Waals surface area contributed by atoms with Crippen LogP contribution in [0, 0.1) is 27.7 Å². The van der Waals surface area contributed by atoms with Gasteiger partial charge in [0, 0.05) is 51.7 Å². The topological polar surface area (TPSA) is 223 Å². The Bertz CT molecular complexity index is 2400. The molecule has 0 radical (unpaired) electrons. The maximum absolute atomic E-state index is 12.3. The third-order valence-electron chi connectivity index (χ3n) is 10.4. The first-order valence-corrected chi connectivity index (χ1v) is 20.8. The van der Waals surface area contributed by atoms with Crippen molar-refractivity contribution >= 4 is 40.8 Å². The zero-order chi connectivity index (χ0) is 47.2. The zero-order valence-electron chi connectivity index (χ0n) is 37.7. The number of likely N-dealkylation sites (N-methyl/N-ethyl adjacent to an activating group) is 2. The number of aliphatic carboxylic acids is 2. The molecule has 64 heavy (non-hydrogen) atoms. The lowest BCUT2D eigenvalue weighted by molar-refractivity contribution is -0.165. The largest absolute Gasteiger partial charge is 0.479 e. The van der Waals surface area contributed by atoms with Crippen molar-refractivity contribution in [2.75, 3.05) is 28.2 Å². The van der Waals surface area contributed by atoms with Gasteiger partial charge in [0.15, 0.2) is 12.2 Å². The fourth-order valence-corrected chi connectivity index (χ4v) is 6.55. The molecular weight excluding hydrogens is 819 g/mol. The smallest absolute Gasteiger partial charge is 0.335 e. The monoisotopic (exact) mass is 877 g/mol. The molecule has 6 aromatic rings. The lowest BCUT2D eigenvalue weighted by Crippen LogP contribution is -2.39. The third-order valence-corrected chi connectivity index (χ3v) is 10.4. The number of amides is 2. The predicted molar refractivity (Wildman–Crippen MR) is 245 cm³/mol. The predicted octanol–water partition coefficient (Wildman–Crippen LogP) is 6.16. The lowest BCUT2D eigenvalue weighted by atomic mass is 9.99. The Morgan fingerprint density at radius 2 is 0.922 bits per heavy atom. The highest BCUT2D eigenvalue weighted by atomic mass is 16.4. The van der Waals surface area contributed by atoms with E-state index < -0.39 is 24.1 Å². The Kier molecular flexibility index (Phi) is 17.9. The number of aliphatic hydroxyl groups excluding tert-OH is 2. The highest BCUT2D eigenvalue weighted by Crippen LogP contribution is 2.28. The van der Waals surface area contributed by atoms with Gasteiger partial charge in [-0.15, -0.1) is 0 Å². The van der Waals surface area contributed by atoms with Crippen molar-refractivity contribution < 1.29 is 44.8 Å². The van der Waals surface area contributed by atoms with Gasteiger partial charge < -0.3 is 44.2 Å². The molecule has 340 valence electrons. The van der Waals surface area contributed by atoms with Crippen molar-refractivity contribution in [3.05, 3.63) is 119 Å². The minimum Gasteiger partial charge on any atom is -0.479 e. The average Bonchev–Trinajstić information content (AvgIpc) is 3.81. The molecule has 1 aliphatic rings. The normalized spacial score (nSPS) is 12.9. The molecule has 1 aliphatic carbocycles. The van der Waals surface area contributed by atoms with Gasteiger partial charge in [0.25, 0.3) is 0 Å². The van der Waals surface area contributed by atoms with Gasteiger partial charge >= 0.3 is 11.9 Å². The highest BCUT2D eigenvalue weighted by Gasteiger charge is 2.29. The Balaban J connectivity index is 0.000000205. The number of imidazole rings is 2. The van der Waals surface area contributed by atoms with Crippen LogP contribution in [0.3, 0.4) is 0 Å². The van der Waals surface area contributed by atoms with Crippen molar-refractivity contribution in [2.24, 2.45) is 5.16 Å². The van der Waals surface area contributed by atoms with Crippen molar-refractivity contribution in [3.63, 3.8) is 0 Å². The number of carboxylic acid groups (broad SMARTS) is 2. The van der Waals surface area contributed by atoms with Gasteiger partial charge in [-0.05, 0) is 76.6 Å². The van der Waals surface area contributed by atoms with Crippen LogP contribution in [0.5, 0.6) is 0 Å². The van der Waals surface area contributed by atoms with E-state index in [1.165, 1.54) is 30.4 Å². The lowest BCUT2D eigenvalue weighted by Gasteiger charge is -2.11. The number of carboxylic acids is 2. The second kappa shape index (κ2) is 23.0. The SMILES string of the molecule is Cc1ccc(-c2nc3ccc(C)cn3c2CC(=O)N(C)C)cc1.Cc1ccc(-c2nc3ccc(C)cn3c2CC(=O)N(C)C)cc1.O=C(O)C(O)C(O)C(=O)O.ON=C1CCCCC1. The maximum atomic E-state index is 12.3. The minimum atomic E-state index is -2.27. The van der Waals surface area contributed by atoms with Crippen LogP contribution < -0.4 is 0 Å². The molecular formula is C48H59N7O9. The Morgan fingerprint density at radius 1 is 0.578 bits per heavy atom. The van der Waals surface area contributed by atoms with E-state index in [9.17, 15) is 19.2 Å². The number of carbonyl (C=O) groups excluding carboxylic acids is 2. The minimum absolute atomic E-state index is 0.0710. The summed E-state index contributed by atoms with van der Waals surface area (Å²) in [6, 6.07) is 24.6. The fraction of sp³-hybridized carbons (Fsp3) is 0.354. The quantitative estimate of drug-likeness (QED) is 0.0818. The molecule has 16 heteroatoms. The Labute approximate surface area is 372 Å². The van der Waals surface area contributed by atoms with E-state index in [1.807, 2.05) is 59.3 Å². The van der Waals surface area contributed by atoms with Crippen LogP contribution in [-0.4, -0.2) is 124 Å². The number of fused-ring (bicyclic) bond motifs is 2. The number of pyridine rings is 2. The van der Waals surface area contributed by atoms with E-state index in [2.05, 4.69) is 67.5 Å². The molecule has 4 heterocycles. The molecule has 5 N–H and O–H groups in total. The Morgan fingerprint density at radius 3 is 1.22 bits per heavy atom. The number of carbonyl (C=O) groups is 4. The molecule has 2 unspecified atom stereocenters. The number of hydrogen-bond donors (Lipinski definition) is 5. The van der Waals surface area contributed by atoms with Gasteiger partial charge in [-0.25, -0.2) is 19.6 Å². The summed E-state index contributed by atoms with van der Waals surface area (Å²) in [5, 5.41) is 44.0. The molecule has 0 aliphatic heterocycles. The van der Waals surface area contributed by atoms with E-state index in [1.54, 1.807) is 38.0 Å². The number of aromatic nitrogens is 4. The number of rotatable bonds is 9. The van der Waals surface area contributed by atoms with Crippen LogP contribution in [0.1, 0.15) is 65.7 Å². The highest BCUT2D eigenvalue weighted by molar-refractivity contribution is 5.85. The molecule has 1 saturated carbocycles. The molecule has 1 fully saturated rings. The molecule has 7 rings (SSSR count). The van der Waals surface area contributed by atoms with Crippen molar-refractivity contribution in [2.45, 2.75) is 84.8 Å². The van der Waals surface area contributed by atoms with E-state index >= 15 is 0 Å². The van der Waals surface area contributed by atoms with Crippen LogP contribution in [0.2, 0.25) is 0 Å². The van der Waals surface area contributed by atoms with Crippen LogP contribution in [0.4, 0.5) is 0 Å². The van der Waals surface area contributed by atoms with Gasteiger partial charge in [-0.2, -0.15) is 0 Å². The van der Waals surface area contributed by atoms with Crippen molar-refractivity contribution in [1.82, 2.24) is 28.6 Å². The molecule has 0 saturated heterocycles. The van der Waals surface area contributed by atoms with Gasteiger partial charge in [0.05, 0.1) is 41.3 Å². The summed E-state index contributed by atoms with van der Waals surface area (Å²) in [6.07, 6.45) is 5.96. The zero-order valence-corrected chi connectivity index (χ0v) is 37.7. The van der Waals surface area contributed by atoms with E-state index in [0.717, 1.165) is 74.9 Å². The fourth-order valence-electron chi connectivity index (χ4n) is 6.55. The molecule has 2 aromatic carbocycles. The van der Waals surface area contributed by atoms with E-state index in [-0.39, 0.29) is 11.8 Å². The summed E-state index contributed by atoms with van der Waals surface area (Å²) >= 11 is 0. The first kappa shape index (κ1) is 49.7. The first-order chi connectivity index (χ1) is 30.3. The number of aryl methyl sites for hydroxylation is 4. The van der Waals surface area contributed by atoms with Gasteiger partial charge in [0.1, 0.15) is 11.3 Å². The molecule has 4 aromatic heterocycles. The summed E-state index contributed by atoms with van der Waals surface area (Å²) in [7, 11) is 7.12. The second-order valence-electron chi connectivity index (χ2n) is 16.1. The average molecular weight is 878 g/mol. The standard InChI is InChI=1S/2C19H21N3O.C6H11NO.C4H6O6/c2*1-13-5-8-15(9-6-13)19-16(11-18(23)21(3)4)22-12-14(2)7-10-17(22)20-19;8-7-6-4-2-1-3-5-6;5-1(3(7)8)2(6)4(9)10/h2*5-10,12H,11H2,1-4H3;8H,1-5H2;1-2,5-6H,(H,7,8)(H,9,10). The van der Waals surface area contributed by atoms with Gasteiger partial charge in [-0.3, -0.25) is 9.59 Å². The van der Waals surface area contributed by atoms with E-state index in [0.29, 0.717) is 12.8 Å². The van der Waals surface area contributed by atoms with Crippen LogP contribution in [-0.2, 0) is 32.0 Å². The number of hydrogen-bond acceptors (Lipinski definition) is 10. The number of aliphatic hydroxyl groups is 2. The number of nitrogens with zero attached hydrogens (tertiary/aromatic N) is 7. The molecule has 2 atom stereocenters. The van der Waals surface area contributed by atoms with Gasteiger partial charge in [0.2, 0.25) is 11.8 Å². The molecule has 16 nitrogen and oxygen atoms in total. The van der Waals surface area contributed by atoms with Crippen molar-refractivity contribution in [3.8, 4) is 22.5 Å². The molecule has 0 spiro atoms. The summed E-state index contributed by atoms with van der Waals surface area (Å²) < 4.78 is 4.07. The maximum Gasteiger partial charge on any atom is 0.335 e. The number of benzene rings is 2. The number of oxime groups is 1. The third kappa shape index (κ3) is 13.5. The summed E-state index contributed by atoms with van der Waals surface area (Å²) in [5.41, 5.74) is 13.1. The summed E-state index contributed by atoms with van der Waals surface area (Å²) in [6.45, 7) is 8.21.